The second kappa shape index (κ2) is 5.09. The third-order valence-corrected chi connectivity index (χ3v) is 3.59. The van der Waals surface area contributed by atoms with Crippen LogP contribution in [0.15, 0.2) is 12.1 Å². The van der Waals surface area contributed by atoms with E-state index in [4.69, 9.17) is 9.47 Å². The first kappa shape index (κ1) is 13.1. The molecule has 1 aromatic carbocycles. The van der Waals surface area contributed by atoms with Gasteiger partial charge in [0.2, 0.25) is 0 Å². The van der Waals surface area contributed by atoms with Crippen LogP contribution in [0, 0.1) is 13.8 Å². The molecule has 2 aliphatic rings. The Hall–Kier alpha value is -0.380. The van der Waals surface area contributed by atoms with E-state index < -0.39 is 5.79 Å². The lowest BCUT2D eigenvalue weighted by Gasteiger charge is -2.24. The van der Waals surface area contributed by atoms with Crippen LogP contribution in [0.3, 0.4) is 0 Å². The topological polar surface area (TPSA) is 18.5 Å². The highest BCUT2D eigenvalue weighted by atomic mass is 79.9. The minimum Gasteiger partial charge on any atom is -0.343 e. The van der Waals surface area contributed by atoms with Crippen molar-refractivity contribution in [3.63, 3.8) is 0 Å². The molecule has 0 bridgehead atoms. The maximum atomic E-state index is 5.84. The second-order valence-corrected chi connectivity index (χ2v) is 4.50. The number of ether oxygens (including phenoxy) is 2. The Morgan fingerprint density at radius 3 is 2.29 bits per heavy atom. The van der Waals surface area contributed by atoms with Crippen molar-refractivity contribution in [3.8, 4) is 0 Å². The van der Waals surface area contributed by atoms with Gasteiger partial charge in [-0.3, -0.25) is 0 Å². The van der Waals surface area contributed by atoms with E-state index in [1.165, 1.54) is 22.3 Å². The highest BCUT2D eigenvalue weighted by molar-refractivity contribution is 9.08. The Bertz CT molecular complexity index is 409. The molecule has 1 aromatic rings. The molecule has 0 radical (unpaired) electrons. The Kier molecular flexibility index (Phi) is 3.91. The number of halogens is 1. The lowest BCUT2D eigenvalue weighted by atomic mass is 9.97. The summed E-state index contributed by atoms with van der Waals surface area (Å²) in [5.41, 5.74) is 5.42. The number of hydrogen-bond donors (Lipinski definition) is 0. The molecule has 1 saturated heterocycles. The van der Waals surface area contributed by atoms with E-state index >= 15 is 0 Å². The van der Waals surface area contributed by atoms with Crippen molar-refractivity contribution in [2.75, 3.05) is 19.0 Å². The number of rotatable bonds is 0. The summed E-state index contributed by atoms with van der Waals surface area (Å²) in [4.78, 5) is 0. The summed E-state index contributed by atoms with van der Waals surface area (Å²) in [5, 5.41) is 0. The van der Waals surface area contributed by atoms with Gasteiger partial charge in [0.15, 0.2) is 5.79 Å². The highest BCUT2D eigenvalue weighted by Gasteiger charge is 2.45. The molecule has 1 spiro atoms. The Morgan fingerprint density at radius 2 is 1.65 bits per heavy atom. The smallest absolute Gasteiger partial charge is 0.195 e. The predicted octanol–water partition coefficient (Wildman–Crippen LogP) is 3.46. The first-order valence-corrected chi connectivity index (χ1v) is 7.57. The third-order valence-electron chi connectivity index (χ3n) is 3.59. The van der Waals surface area contributed by atoms with Crippen molar-refractivity contribution in [3.05, 3.63) is 34.4 Å². The zero-order valence-corrected chi connectivity index (χ0v) is 12.3. The molecule has 1 aliphatic heterocycles. The largest absolute Gasteiger partial charge is 0.343 e. The van der Waals surface area contributed by atoms with Crippen molar-refractivity contribution in [2.45, 2.75) is 32.5 Å². The van der Waals surface area contributed by atoms with Gasteiger partial charge in [-0.1, -0.05) is 28.1 Å². The molecule has 0 unspecified atom stereocenters. The van der Waals surface area contributed by atoms with Gasteiger partial charge in [-0.25, -0.2) is 0 Å². The second-order valence-electron chi connectivity index (χ2n) is 4.50. The van der Waals surface area contributed by atoms with Gasteiger partial charge in [-0.2, -0.15) is 0 Å². The van der Waals surface area contributed by atoms with Gasteiger partial charge in [-0.15, -0.1) is 0 Å². The van der Waals surface area contributed by atoms with Gasteiger partial charge in [0.1, 0.15) is 0 Å². The van der Waals surface area contributed by atoms with Gasteiger partial charge in [0.05, 0.1) is 13.2 Å². The Morgan fingerprint density at radius 1 is 1.06 bits per heavy atom. The molecule has 0 atom stereocenters. The molecule has 94 valence electrons. The Balaban J connectivity index is 0.000000514. The van der Waals surface area contributed by atoms with Gasteiger partial charge in [0.25, 0.3) is 0 Å². The minimum absolute atomic E-state index is 0.397. The van der Waals surface area contributed by atoms with Crippen LogP contribution in [-0.4, -0.2) is 19.0 Å². The SMILES string of the molecule is CBr.Cc1ccc(C)c2c1CCC21OCCO1. The highest BCUT2D eigenvalue weighted by Crippen LogP contribution is 2.45. The summed E-state index contributed by atoms with van der Waals surface area (Å²) in [6.07, 6.45) is 2.07. The van der Waals surface area contributed by atoms with Gasteiger partial charge in [0, 0.05) is 12.0 Å². The molecule has 1 heterocycles. The van der Waals surface area contributed by atoms with Crippen molar-refractivity contribution in [1.82, 2.24) is 0 Å². The van der Waals surface area contributed by atoms with Crippen LogP contribution in [-0.2, 0) is 21.7 Å². The first-order chi connectivity index (χ1) is 8.23. The quantitative estimate of drug-likeness (QED) is 0.683. The maximum absolute atomic E-state index is 5.84. The monoisotopic (exact) mass is 298 g/mol. The third kappa shape index (κ3) is 2.05. The molecule has 2 nitrogen and oxygen atoms in total. The predicted molar refractivity (Wildman–Crippen MR) is 72.7 cm³/mol. The molecule has 1 fully saturated rings. The zero-order chi connectivity index (χ0) is 12.5. The molecule has 3 heteroatoms. The van der Waals surface area contributed by atoms with Gasteiger partial charge < -0.3 is 9.47 Å². The summed E-state index contributed by atoms with van der Waals surface area (Å²) >= 11 is 2.94. The Labute approximate surface area is 111 Å². The van der Waals surface area contributed by atoms with E-state index in [0.717, 1.165) is 26.1 Å². The van der Waals surface area contributed by atoms with E-state index in [2.05, 4.69) is 41.9 Å². The number of fused-ring (bicyclic) bond motifs is 2. The van der Waals surface area contributed by atoms with Crippen LogP contribution < -0.4 is 0 Å². The maximum Gasteiger partial charge on any atom is 0.195 e. The molecule has 0 amide bonds. The van der Waals surface area contributed by atoms with E-state index in [9.17, 15) is 0 Å². The van der Waals surface area contributed by atoms with E-state index in [1.807, 2.05) is 5.83 Å². The lowest BCUT2D eigenvalue weighted by Crippen LogP contribution is -2.24. The first-order valence-electron chi connectivity index (χ1n) is 5.98. The van der Waals surface area contributed by atoms with Crippen LogP contribution in [0.1, 0.15) is 28.7 Å². The van der Waals surface area contributed by atoms with Crippen molar-refractivity contribution in [1.29, 1.82) is 0 Å². The van der Waals surface area contributed by atoms with Crippen molar-refractivity contribution >= 4 is 15.9 Å². The number of alkyl halides is 1. The van der Waals surface area contributed by atoms with Gasteiger partial charge in [-0.05, 0) is 42.8 Å². The summed E-state index contributed by atoms with van der Waals surface area (Å²) in [5.74, 6) is 1.42. The standard InChI is InChI=1S/C13H16O2.CH3Br/c1-9-3-4-10(2)12-11(9)5-6-13(12)14-7-8-15-13;1-2/h3-4H,5-8H2,1-2H3;1H3. The van der Waals surface area contributed by atoms with Crippen LogP contribution in [0.25, 0.3) is 0 Å². The molecular weight excluding hydrogens is 280 g/mol. The summed E-state index contributed by atoms with van der Waals surface area (Å²) < 4.78 is 11.7. The average molecular weight is 299 g/mol. The van der Waals surface area contributed by atoms with Crippen LogP contribution in [0.2, 0.25) is 0 Å². The molecule has 1 aliphatic carbocycles. The number of hydrogen-bond acceptors (Lipinski definition) is 2. The molecule has 17 heavy (non-hydrogen) atoms. The average Bonchev–Trinajstić information content (AvgIpc) is 2.97. The van der Waals surface area contributed by atoms with Crippen LogP contribution in [0.4, 0.5) is 0 Å². The normalized spacial score (nSPS) is 20.0. The molecule has 3 rings (SSSR count). The van der Waals surface area contributed by atoms with Crippen molar-refractivity contribution < 1.29 is 9.47 Å². The lowest BCUT2D eigenvalue weighted by molar-refractivity contribution is -0.163. The van der Waals surface area contributed by atoms with E-state index in [1.54, 1.807) is 0 Å². The fraction of sp³-hybridized carbons (Fsp3) is 0.571. The summed E-state index contributed by atoms with van der Waals surface area (Å²) in [6, 6.07) is 4.37. The van der Waals surface area contributed by atoms with Crippen molar-refractivity contribution in [2.24, 2.45) is 0 Å². The van der Waals surface area contributed by atoms with Gasteiger partial charge >= 0.3 is 0 Å². The number of aryl methyl sites for hydroxylation is 2. The molecule has 0 saturated carbocycles. The molecule has 0 aromatic heterocycles. The number of benzene rings is 1. The minimum atomic E-state index is -0.397. The molecule has 0 N–H and O–H groups in total. The fourth-order valence-electron chi connectivity index (χ4n) is 2.88. The van der Waals surface area contributed by atoms with E-state index in [-0.39, 0.29) is 0 Å². The fourth-order valence-corrected chi connectivity index (χ4v) is 2.88. The van der Waals surface area contributed by atoms with E-state index in [0.29, 0.717) is 0 Å². The zero-order valence-electron chi connectivity index (χ0n) is 10.7. The van der Waals surface area contributed by atoms with Crippen LogP contribution in [0.5, 0.6) is 0 Å². The summed E-state index contributed by atoms with van der Waals surface area (Å²) in [7, 11) is 0. The van der Waals surface area contributed by atoms with Crippen LogP contribution >= 0.6 is 15.9 Å². The summed E-state index contributed by atoms with van der Waals surface area (Å²) in [6.45, 7) is 5.78. The molecular formula is C14H19BrO2.